The largest absolute Gasteiger partial charge is 0.347 e. The standard InChI is InChI=1S/C20H23FN2O/c1-16(24)22-20(18-8-5-9-19(21)14-18)10-12-23(13-11-20)15-17-6-3-2-4-7-17/h2-9,14H,10-13,15H2,1H3,(H,22,24). The first-order valence-electron chi connectivity index (χ1n) is 8.38. The summed E-state index contributed by atoms with van der Waals surface area (Å²) in [5, 5.41) is 3.09. The zero-order valence-electron chi connectivity index (χ0n) is 14.0. The molecule has 1 fully saturated rings. The molecule has 0 saturated carbocycles. The molecule has 0 aliphatic carbocycles. The minimum Gasteiger partial charge on any atom is -0.347 e. The molecule has 0 spiro atoms. The fourth-order valence-corrected chi connectivity index (χ4v) is 3.54. The summed E-state index contributed by atoms with van der Waals surface area (Å²) in [6.07, 6.45) is 1.56. The van der Waals surface area contributed by atoms with E-state index in [1.54, 1.807) is 12.1 Å². The lowest BCUT2D eigenvalue weighted by Crippen LogP contribution is -2.52. The molecule has 1 aliphatic rings. The maximum Gasteiger partial charge on any atom is 0.217 e. The molecule has 2 aromatic rings. The quantitative estimate of drug-likeness (QED) is 0.933. The lowest BCUT2D eigenvalue weighted by atomic mass is 9.80. The highest BCUT2D eigenvalue weighted by molar-refractivity contribution is 5.74. The second-order valence-electron chi connectivity index (χ2n) is 6.54. The van der Waals surface area contributed by atoms with Crippen molar-refractivity contribution in [3.63, 3.8) is 0 Å². The monoisotopic (exact) mass is 326 g/mol. The number of likely N-dealkylation sites (tertiary alicyclic amines) is 1. The Morgan fingerprint density at radius 2 is 1.83 bits per heavy atom. The number of rotatable bonds is 4. The molecule has 24 heavy (non-hydrogen) atoms. The Kier molecular flexibility index (Phi) is 4.95. The maximum absolute atomic E-state index is 13.7. The van der Waals surface area contributed by atoms with Crippen molar-refractivity contribution in [2.45, 2.75) is 31.8 Å². The fraction of sp³-hybridized carbons (Fsp3) is 0.350. The van der Waals surface area contributed by atoms with Gasteiger partial charge in [0, 0.05) is 26.6 Å². The maximum atomic E-state index is 13.7. The Morgan fingerprint density at radius 3 is 2.46 bits per heavy atom. The van der Waals surface area contributed by atoms with E-state index in [-0.39, 0.29) is 11.7 Å². The zero-order chi connectivity index (χ0) is 17.0. The molecule has 126 valence electrons. The molecule has 1 saturated heterocycles. The molecule has 3 rings (SSSR count). The number of nitrogens with zero attached hydrogens (tertiary/aromatic N) is 1. The Labute approximate surface area is 142 Å². The summed E-state index contributed by atoms with van der Waals surface area (Å²) < 4.78 is 13.7. The summed E-state index contributed by atoms with van der Waals surface area (Å²) >= 11 is 0. The molecule has 0 atom stereocenters. The van der Waals surface area contributed by atoms with Gasteiger partial charge in [0.2, 0.25) is 5.91 Å². The van der Waals surface area contributed by atoms with Gasteiger partial charge in [-0.05, 0) is 36.1 Å². The van der Waals surface area contributed by atoms with Gasteiger partial charge in [0.15, 0.2) is 0 Å². The third kappa shape index (κ3) is 3.82. The molecule has 1 amide bonds. The van der Waals surface area contributed by atoms with Crippen molar-refractivity contribution in [1.82, 2.24) is 10.2 Å². The smallest absolute Gasteiger partial charge is 0.217 e. The van der Waals surface area contributed by atoms with Gasteiger partial charge in [-0.15, -0.1) is 0 Å². The number of nitrogens with one attached hydrogen (secondary N) is 1. The molecule has 0 radical (unpaired) electrons. The summed E-state index contributed by atoms with van der Waals surface area (Å²) in [7, 11) is 0. The van der Waals surface area contributed by atoms with Gasteiger partial charge in [0.1, 0.15) is 5.82 Å². The van der Waals surface area contributed by atoms with Crippen LogP contribution >= 0.6 is 0 Å². The van der Waals surface area contributed by atoms with Gasteiger partial charge in [-0.1, -0.05) is 42.5 Å². The van der Waals surface area contributed by atoms with E-state index >= 15 is 0 Å². The molecular formula is C20H23FN2O. The molecule has 0 unspecified atom stereocenters. The Hall–Kier alpha value is -2.20. The van der Waals surface area contributed by atoms with Crippen LogP contribution in [-0.4, -0.2) is 23.9 Å². The average molecular weight is 326 g/mol. The third-order valence-electron chi connectivity index (χ3n) is 4.75. The van der Waals surface area contributed by atoms with Crippen LogP contribution in [0.3, 0.4) is 0 Å². The van der Waals surface area contributed by atoms with Crippen molar-refractivity contribution in [3.05, 3.63) is 71.5 Å². The van der Waals surface area contributed by atoms with Crippen molar-refractivity contribution in [1.29, 1.82) is 0 Å². The molecular weight excluding hydrogens is 303 g/mol. The number of hydrogen-bond acceptors (Lipinski definition) is 2. The summed E-state index contributed by atoms with van der Waals surface area (Å²) in [5.74, 6) is -0.334. The van der Waals surface area contributed by atoms with Gasteiger partial charge < -0.3 is 5.32 Å². The highest BCUT2D eigenvalue weighted by Crippen LogP contribution is 2.33. The fourth-order valence-electron chi connectivity index (χ4n) is 3.54. The van der Waals surface area contributed by atoms with Crippen molar-refractivity contribution in [2.75, 3.05) is 13.1 Å². The molecule has 2 aromatic carbocycles. The number of piperidine rings is 1. The highest BCUT2D eigenvalue weighted by atomic mass is 19.1. The lowest BCUT2D eigenvalue weighted by Gasteiger charge is -2.42. The van der Waals surface area contributed by atoms with Crippen LogP contribution in [0.1, 0.15) is 30.9 Å². The van der Waals surface area contributed by atoms with Crippen molar-refractivity contribution >= 4 is 5.91 Å². The minimum atomic E-state index is -0.471. The van der Waals surface area contributed by atoms with Crippen LogP contribution in [0.4, 0.5) is 4.39 Å². The van der Waals surface area contributed by atoms with Gasteiger partial charge in [0.25, 0.3) is 0 Å². The van der Waals surface area contributed by atoms with Gasteiger partial charge in [-0.25, -0.2) is 4.39 Å². The second kappa shape index (κ2) is 7.14. The van der Waals surface area contributed by atoms with E-state index < -0.39 is 5.54 Å². The number of carbonyl (C=O) groups excluding carboxylic acids is 1. The molecule has 1 heterocycles. The normalized spacial score (nSPS) is 17.4. The molecule has 0 aromatic heterocycles. The van der Waals surface area contributed by atoms with E-state index in [9.17, 15) is 9.18 Å². The Balaban J connectivity index is 1.74. The van der Waals surface area contributed by atoms with Gasteiger partial charge >= 0.3 is 0 Å². The minimum absolute atomic E-state index is 0.0734. The number of carbonyl (C=O) groups is 1. The van der Waals surface area contributed by atoms with Crippen molar-refractivity contribution in [2.24, 2.45) is 0 Å². The zero-order valence-corrected chi connectivity index (χ0v) is 14.0. The number of halogens is 1. The van der Waals surface area contributed by atoms with Crippen molar-refractivity contribution in [3.8, 4) is 0 Å². The van der Waals surface area contributed by atoms with Crippen LogP contribution < -0.4 is 5.32 Å². The predicted octanol–water partition coefficient (Wildman–Crippen LogP) is 3.45. The third-order valence-corrected chi connectivity index (χ3v) is 4.75. The molecule has 3 nitrogen and oxygen atoms in total. The van der Waals surface area contributed by atoms with E-state index in [0.717, 1.165) is 38.0 Å². The average Bonchev–Trinajstić information content (AvgIpc) is 2.57. The van der Waals surface area contributed by atoms with Gasteiger partial charge in [-0.3, -0.25) is 9.69 Å². The summed E-state index contributed by atoms with van der Waals surface area (Å²) in [6.45, 7) is 4.16. The van der Waals surface area contributed by atoms with E-state index in [0.29, 0.717) is 0 Å². The topological polar surface area (TPSA) is 32.3 Å². The lowest BCUT2D eigenvalue weighted by molar-refractivity contribution is -0.121. The first-order valence-corrected chi connectivity index (χ1v) is 8.38. The van der Waals surface area contributed by atoms with Gasteiger partial charge in [-0.2, -0.15) is 0 Å². The van der Waals surface area contributed by atoms with Gasteiger partial charge in [0.05, 0.1) is 5.54 Å². The second-order valence-corrected chi connectivity index (χ2v) is 6.54. The Morgan fingerprint density at radius 1 is 1.12 bits per heavy atom. The summed E-state index contributed by atoms with van der Waals surface area (Å²) in [5.41, 5.74) is 1.67. The van der Waals surface area contributed by atoms with E-state index in [2.05, 4.69) is 22.3 Å². The van der Waals surface area contributed by atoms with Crippen LogP contribution in [-0.2, 0) is 16.9 Å². The van der Waals surface area contributed by atoms with Crippen LogP contribution in [0, 0.1) is 5.82 Å². The molecule has 0 bridgehead atoms. The van der Waals surface area contributed by atoms with Crippen LogP contribution in [0.25, 0.3) is 0 Å². The highest BCUT2D eigenvalue weighted by Gasteiger charge is 2.37. The Bertz CT molecular complexity index is 694. The SMILES string of the molecule is CC(=O)NC1(c2cccc(F)c2)CCN(Cc2ccccc2)CC1. The molecule has 1 aliphatic heterocycles. The van der Waals surface area contributed by atoms with Crippen LogP contribution in [0.15, 0.2) is 54.6 Å². The first kappa shape index (κ1) is 16.7. The summed E-state index contributed by atoms with van der Waals surface area (Å²) in [4.78, 5) is 14.1. The van der Waals surface area contributed by atoms with Crippen LogP contribution in [0.5, 0.6) is 0 Å². The number of benzene rings is 2. The van der Waals surface area contributed by atoms with E-state index in [4.69, 9.17) is 0 Å². The first-order chi connectivity index (χ1) is 11.6. The number of amides is 1. The van der Waals surface area contributed by atoms with Crippen LogP contribution in [0.2, 0.25) is 0 Å². The van der Waals surface area contributed by atoms with E-state index in [1.807, 2.05) is 24.3 Å². The predicted molar refractivity (Wildman–Crippen MR) is 92.8 cm³/mol. The molecule has 4 heteroatoms. The van der Waals surface area contributed by atoms with Crippen molar-refractivity contribution < 1.29 is 9.18 Å². The number of hydrogen-bond donors (Lipinski definition) is 1. The van der Waals surface area contributed by atoms with E-state index in [1.165, 1.54) is 18.6 Å². The summed E-state index contributed by atoms with van der Waals surface area (Å²) in [6, 6.07) is 17.0. The molecule has 1 N–H and O–H groups in total.